The maximum atomic E-state index is 3.14. The van der Waals surface area contributed by atoms with Gasteiger partial charge in [0.1, 0.15) is 0 Å². The molecule has 0 fully saturated rings. The molecule has 0 N–H and O–H groups in total. The zero-order chi connectivity index (χ0) is 16.2. The molecule has 0 aliphatic heterocycles. The van der Waals surface area contributed by atoms with Crippen LogP contribution in [0.3, 0.4) is 0 Å². The number of hydrogen-bond acceptors (Lipinski definition) is 0. The molecular weight excluding hydrogens is 288 g/mol. The molecule has 24 heavy (non-hydrogen) atoms. The standard InChI is InChI=1S/C24H16/c1-2-8-19(9-3-1)10-4-5-11-20-14-15-22-17-16-21-12-6-7-13-23(21)24(22)18-20/h1-3,5-9,11-18H/b11-5-. The topological polar surface area (TPSA) is 0 Å². The Labute approximate surface area is 142 Å². The summed E-state index contributed by atoms with van der Waals surface area (Å²) in [6, 6.07) is 29.5. The van der Waals surface area contributed by atoms with Gasteiger partial charge >= 0.3 is 0 Å². The normalized spacial score (nSPS) is 10.8. The molecule has 0 heteroatoms. The Morgan fingerprint density at radius 1 is 0.625 bits per heavy atom. The molecular formula is C24H16. The zero-order valence-electron chi connectivity index (χ0n) is 13.2. The minimum atomic E-state index is 1.03. The van der Waals surface area contributed by atoms with Crippen molar-refractivity contribution in [1.29, 1.82) is 0 Å². The van der Waals surface area contributed by atoms with E-state index in [0.717, 1.165) is 5.56 Å². The van der Waals surface area contributed by atoms with Gasteiger partial charge in [-0.15, -0.1) is 0 Å². The Balaban J connectivity index is 1.69. The van der Waals surface area contributed by atoms with Crippen molar-refractivity contribution in [2.75, 3.05) is 0 Å². The second-order valence-corrected chi connectivity index (χ2v) is 5.74. The van der Waals surface area contributed by atoms with Gasteiger partial charge in [0.05, 0.1) is 0 Å². The predicted octanol–water partition coefficient (Wildman–Crippen LogP) is 6.06. The molecule has 0 bridgehead atoms. The SMILES string of the molecule is C(#Cc1ccccc1)/C=C\c1ccc2ccc3ccccc3c2c1. The lowest BCUT2D eigenvalue weighted by atomic mass is 10.00. The highest BCUT2D eigenvalue weighted by Gasteiger charge is 2.00. The van der Waals surface area contributed by atoms with Gasteiger partial charge in [-0.2, -0.15) is 0 Å². The van der Waals surface area contributed by atoms with Gasteiger partial charge in [0.2, 0.25) is 0 Å². The first kappa shape index (κ1) is 14.3. The molecule has 4 aromatic carbocycles. The molecule has 0 unspecified atom stereocenters. The van der Waals surface area contributed by atoms with E-state index in [0.29, 0.717) is 0 Å². The van der Waals surface area contributed by atoms with E-state index in [2.05, 4.69) is 72.5 Å². The molecule has 4 aromatic rings. The minimum Gasteiger partial charge on any atom is -0.0696 e. The highest BCUT2D eigenvalue weighted by atomic mass is 14.0. The van der Waals surface area contributed by atoms with Crippen LogP contribution in [-0.4, -0.2) is 0 Å². The molecule has 0 amide bonds. The zero-order valence-corrected chi connectivity index (χ0v) is 13.2. The van der Waals surface area contributed by atoms with Crippen molar-refractivity contribution in [2.24, 2.45) is 0 Å². The number of rotatable bonds is 1. The molecule has 0 radical (unpaired) electrons. The van der Waals surface area contributed by atoms with E-state index in [1.165, 1.54) is 27.1 Å². The van der Waals surface area contributed by atoms with Crippen LogP contribution in [0.2, 0.25) is 0 Å². The molecule has 112 valence electrons. The van der Waals surface area contributed by atoms with E-state index in [-0.39, 0.29) is 0 Å². The van der Waals surface area contributed by atoms with Crippen LogP contribution >= 0.6 is 0 Å². The van der Waals surface area contributed by atoms with Gasteiger partial charge in [-0.1, -0.05) is 78.6 Å². The summed E-state index contributed by atoms with van der Waals surface area (Å²) in [7, 11) is 0. The Morgan fingerprint density at radius 3 is 2.21 bits per heavy atom. The highest BCUT2D eigenvalue weighted by molar-refractivity contribution is 6.07. The fourth-order valence-corrected chi connectivity index (χ4v) is 2.91. The summed E-state index contributed by atoms with van der Waals surface area (Å²) in [5.41, 5.74) is 2.20. The summed E-state index contributed by atoms with van der Waals surface area (Å²) in [6.07, 6.45) is 3.98. The summed E-state index contributed by atoms with van der Waals surface area (Å²) < 4.78 is 0. The number of benzene rings is 4. The quantitative estimate of drug-likeness (QED) is 0.296. The Morgan fingerprint density at radius 2 is 1.33 bits per heavy atom. The Bertz CT molecular complexity index is 1090. The monoisotopic (exact) mass is 304 g/mol. The van der Waals surface area contributed by atoms with Crippen molar-refractivity contribution in [3.8, 4) is 11.8 Å². The fourth-order valence-electron chi connectivity index (χ4n) is 2.91. The van der Waals surface area contributed by atoms with Gasteiger partial charge in [-0.25, -0.2) is 0 Å². The van der Waals surface area contributed by atoms with Crippen molar-refractivity contribution in [2.45, 2.75) is 0 Å². The van der Waals surface area contributed by atoms with Crippen LogP contribution < -0.4 is 0 Å². The number of allylic oxidation sites excluding steroid dienone is 1. The van der Waals surface area contributed by atoms with Gasteiger partial charge in [0.15, 0.2) is 0 Å². The van der Waals surface area contributed by atoms with Gasteiger partial charge in [0.25, 0.3) is 0 Å². The minimum absolute atomic E-state index is 1.03. The largest absolute Gasteiger partial charge is 0.0696 e. The molecule has 0 saturated carbocycles. The van der Waals surface area contributed by atoms with Gasteiger partial charge in [-0.05, 0) is 57.5 Å². The third-order valence-corrected chi connectivity index (χ3v) is 4.12. The first-order valence-electron chi connectivity index (χ1n) is 8.05. The third kappa shape index (κ3) is 2.93. The lowest BCUT2D eigenvalue weighted by Gasteiger charge is -2.04. The van der Waals surface area contributed by atoms with Crippen molar-refractivity contribution in [1.82, 2.24) is 0 Å². The molecule has 0 saturated heterocycles. The molecule has 0 aliphatic carbocycles. The van der Waals surface area contributed by atoms with Crippen molar-refractivity contribution in [3.63, 3.8) is 0 Å². The fraction of sp³-hybridized carbons (Fsp3) is 0. The predicted molar refractivity (Wildman–Crippen MR) is 104 cm³/mol. The average molecular weight is 304 g/mol. The number of fused-ring (bicyclic) bond motifs is 3. The van der Waals surface area contributed by atoms with Gasteiger partial charge < -0.3 is 0 Å². The number of hydrogen-bond donors (Lipinski definition) is 0. The summed E-state index contributed by atoms with van der Waals surface area (Å²) in [5.74, 6) is 6.25. The van der Waals surface area contributed by atoms with E-state index < -0.39 is 0 Å². The van der Waals surface area contributed by atoms with Crippen LogP contribution in [0.15, 0.2) is 91.0 Å². The Hall–Kier alpha value is -3.30. The van der Waals surface area contributed by atoms with Crippen LogP contribution in [0.4, 0.5) is 0 Å². The molecule has 0 spiro atoms. The van der Waals surface area contributed by atoms with Gasteiger partial charge in [-0.3, -0.25) is 0 Å². The summed E-state index contributed by atoms with van der Waals surface area (Å²) >= 11 is 0. The van der Waals surface area contributed by atoms with E-state index in [4.69, 9.17) is 0 Å². The van der Waals surface area contributed by atoms with E-state index in [9.17, 15) is 0 Å². The van der Waals surface area contributed by atoms with Crippen LogP contribution in [0.25, 0.3) is 27.6 Å². The second-order valence-electron chi connectivity index (χ2n) is 5.74. The summed E-state index contributed by atoms with van der Waals surface area (Å²) in [4.78, 5) is 0. The third-order valence-electron chi connectivity index (χ3n) is 4.12. The first-order chi connectivity index (χ1) is 11.9. The molecule has 4 rings (SSSR count). The van der Waals surface area contributed by atoms with Gasteiger partial charge in [0, 0.05) is 5.56 Å². The summed E-state index contributed by atoms with van der Waals surface area (Å²) in [5, 5.41) is 5.11. The van der Waals surface area contributed by atoms with E-state index in [1.807, 2.05) is 36.4 Å². The van der Waals surface area contributed by atoms with Crippen molar-refractivity contribution < 1.29 is 0 Å². The lowest BCUT2D eigenvalue weighted by Crippen LogP contribution is -1.79. The summed E-state index contributed by atoms with van der Waals surface area (Å²) in [6.45, 7) is 0. The van der Waals surface area contributed by atoms with Crippen LogP contribution in [0.1, 0.15) is 11.1 Å². The lowest BCUT2D eigenvalue weighted by molar-refractivity contribution is 1.65. The van der Waals surface area contributed by atoms with Crippen molar-refractivity contribution in [3.05, 3.63) is 102 Å². The maximum absolute atomic E-state index is 3.14. The van der Waals surface area contributed by atoms with Crippen molar-refractivity contribution >= 4 is 27.6 Å². The molecule has 0 nitrogen and oxygen atoms in total. The second kappa shape index (κ2) is 6.44. The smallest absolute Gasteiger partial charge is 0.0248 e. The first-order valence-corrected chi connectivity index (χ1v) is 8.05. The van der Waals surface area contributed by atoms with E-state index in [1.54, 1.807) is 0 Å². The molecule has 0 aromatic heterocycles. The molecule has 0 atom stereocenters. The van der Waals surface area contributed by atoms with Crippen LogP contribution in [0, 0.1) is 11.8 Å². The molecule has 0 aliphatic rings. The van der Waals surface area contributed by atoms with E-state index >= 15 is 0 Å². The molecule has 0 heterocycles. The van der Waals surface area contributed by atoms with Crippen LogP contribution in [0.5, 0.6) is 0 Å². The average Bonchev–Trinajstić information content (AvgIpc) is 2.66. The maximum Gasteiger partial charge on any atom is 0.0248 e. The van der Waals surface area contributed by atoms with Crippen LogP contribution in [-0.2, 0) is 0 Å². The Kier molecular flexibility index (Phi) is 3.84. The highest BCUT2D eigenvalue weighted by Crippen LogP contribution is 2.26.